The highest BCUT2D eigenvalue weighted by atomic mass is 32.1. The van der Waals surface area contributed by atoms with Crippen molar-refractivity contribution >= 4 is 22.4 Å². The van der Waals surface area contributed by atoms with Crippen LogP contribution in [0.2, 0.25) is 0 Å². The van der Waals surface area contributed by atoms with E-state index in [0.29, 0.717) is 5.69 Å². The van der Waals surface area contributed by atoms with E-state index in [-0.39, 0.29) is 11.9 Å². The van der Waals surface area contributed by atoms with Crippen molar-refractivity contribution in [3.63, 3.8) is 0 Å². The second-order valence-corrected chi connectivity index (χ2v) is 6.17. The fraction of sp³-hybridized carbons (Fsp3) is 0.375. The number of benzene rings is 1. The van der Waals surface area contributed by atoms with E-state index < -0.39 is 0 Å². The number of nitrogens with one attached hydrogen (secondary N) is 1. The Morgan fingerprint density at radius 3 is 3.00 bits per heavy atom. The van der Waals surface area contributed by atoms with Gasteiger partial charge in [0, 0.05) is 19.5 Å². The zero-order valence-electron chi connectivity index (χ0n) is 12.3. The number of amides is 1. The number of carbonyl (C=O) groups is 1. The number of fused-ring (bicyclic) bond motifs is 1. The van der Waals surface area contributed by atoms with E-state index in [2.05, 4.69) is 34.6 Å². The van der Waals surface area contributed by atoms with Crippen LogP contribution in [0.5, 0.6) is 0 Å². The van der Waals surface area contributed by atoms with Gasteiger partial charge < -0.3 is 10.2 Å². The Hall–Kier alpha value is -1.88. The summed E-state index contributed by atoms with van der Waals surface area (Å²) in [5.41, 5.74) is 3.17. The van der Waals surface area contributed by atoms with Crippen molar-refractivity contribution in [3.8, 4) is 0 Å². The summed E-state index contributed by atoms with van der Waals surface area (Å²) in [5.74, 6) is -0.00514. The van der Waals surface area contributed by atoms with E-state index in [1.165, 1.54) is 22.5 Å². The summed E-state index contributed by atoms with van der Waals surface area (Å²) in [4.78, 5) is 18.8. The molecule has 1 aliphatic rings. The molecule has 0 unspecified atom stereocenters. The van der Waals surface area contributed by atoms with Gasteiger partial charge in [0.15, 0.2) is 5.13 Å². The molecule has 4 nitrogen and oxygen atoms in total. The van der Waals surface area contributed by atoms with Crippen LogP contribution in [0.15, 0.2) is 29.6 Å². The number of thiazole rings is 1. The first-order valence-corrected chi connectivity index (χ1v) is 8.07. The van der Waals surface area contributed by atoms with Gasteiger partial charge in [-0.05, 0) is 30.4 Å². The standard InChI is InChI=1S/C16H19N3OS/c1-17-16-18-13(10-21-16)15(20)19(2)14-9-5-7-11-6-3-4-8-12(11)14/h3-4,6,8,10,14H,5,7,9H2,1-2H3,(H,17,18)/t14-/m0/s1. The molecule has 5 heteroatoms. The summed E-state index contributed by atoms with van der Waals surface area (Å²) in [6.45, 7) is 0. The van der Waals surface area contributed by atoms with Gasteiger partial charge in [0.2, 0.25) is 0 Å². The van der Waals surface area contributed by atoms with E-state index in [9.17, 15) is 4.79 Å². The Kier molecular flexibility index (Phi) is 3.92. The van der Waals surface area contributed by atoms with Gasteiger partial charge in [0.05, 0.1) is 6.04 Å². The van der Waals surface area contributed by atoms with Crippen LogP contribution in [0.4, 0.5) is 5.13 Å². The molecule has 2 aromatic rings. The maximum atomic E-state index is 12.6. The molecule has 1 heterocycles. The third-order valence-corrected chi connectivity index (χ3v) is 4.92. The van der Waals surface area contributed by atoms with Crippen LogP contribution < -0.4 is 5.32 Å². The lowest BCUT2D eigenvalue weighted by atomic mass is 9.87. The molecule has 0 fully saturated rings. The molecule has 0 radical (unpaired) electrons. The third kappa shape index (κ3) is 2.65. The molecule has 0 saturated carbocycles. The van der Waals surface area contributed by atoms with Crippen molar-refractivity contribution < 1.29 is 4.79 Å². The summed E-state index contributed by atoms with van der Waals surface area (Å²) < 4.78 is 0. The van der Waals surface area contributed by atoms with Gasteiger partial charge >= 0.3 is 0 Å². The van der Waals surface area contributed by atoms with Gasteiger partial charge in [-0.25, -0.2) is 4.98 Å². The first-order valence-electron chi connectivity index (χ1n) is 7.19. The summed E-state index contributed by atoms with van der Waals surface area (Å²) in [6, 6.07) is 8.59. The van der Waals surface area contributed by atoms with Crippen LogP contribution in [0.3, 0.4) is 0 Å². The molecule has 0 bridgehead atoms. The Bertz CT molecular complexity index is 652. The normalized spacial score (nSPS) is 17.1. The van der Waals surface area contributed by atoms with Crippen molar-refractivity contribution in [1.29, 1.82) is 0 Å². The minimum absolute atomic E-state index is 0.00514. The molecule has 1 atom stereocenters. The first-order chi connectivity index (χ1) is 10.2. The molecule has 21 heavy (non-hydrogen) atoms. The largest absolute Gasteiger partial charge is 0.365 e. The van der Waals surface area contributed by atoms with Crippen molar-refractivity contribution in [2.45, 2.75) is 25.3 Å². The number of anilines is 1. The van der Waals surface area contributed by atoms with Gasteiger partial charge in [0.25, 0.3) is 5.91 Å². The summed E-state index contributed by atoms with van der Waals surface area (Å²) in [5, 5.41) is 5.57. The topological polar surface area (TPSA) is 45.2 Å². The monoisotopic (exact) mass is 301 g/mol. The fourth-order valence-electron chi connectivity index (χ4n) is 2.94. The van der Waals surface area contributed by atoms with Crippen molar-refractivity contribution in [2.24, 2.45) is 0 Å². The molecule has 1 aromatic heterocycles. The average Bonchev–Trinajstić information content (AvgIpc) is 3.02. The van der Waals surface area contributed by atoms with Crippen LogP contribution in [-0.4, -0.2) is 29.9 Å². The second kappa shape index (κ2) is 5.85. The van der Waals surface area contributed by atoms with E-state index in [1.54, 1.807) is 0 Å². The number of hydrogen-bond donors (Lipinski definition) is 1. The van der Waals surface area contributed by atoms with E-state index in [4.69, 9.17) is 0 Å². The smallest absolute Gasteiger partial charge is 0.273 e. The minimum atomic E-state index is -0.00514. The maximum Gasteiger partial charge on any atom is 0.273 e. The lowest BCUT2D eigenvalue weighted by Gasteiger charge is -2.33. The molecule has 1 amide bonds. The Labute approximate surface area is 128 Å². The lowest BCUT2D eigenvalue weighted by Crippen LogP contribution is -2.33. The molecule has 3 rings (SSSR count). The SMILES string of the molecule is CNc1nc(C(=O)N(C)[C@H]2CCCc3ccccc32)cs1. The molecule has 1 N–H and O–H groups in total. The average molecular weight is 301 g/mol. The lowest BCUT2D eigenvalue weighted by molar-refractivity contribution is 0.0710. The number of aromatic nitrogens is 1. The number of rotatable bonds is 3. The molecule has 0 aliphatic heterocycles. The molecule has 1 aromatic carbocycles. The van der Waals surface area contributed by atoms with E-state index >= 15 is 0 Å². The fourth-order valence-corrected chi connectivity index (χ4v) is 3.59. The molecular weight excluding hydrogens is 282 g/mol. The zero-order chi connectivity index (χ0) is 14.8. The van der Waals surface area contributed by atoms with Crippen LogP contribution in [0, 0.1) is 0 Å². The Balaban J connectivity index is 1.85. The van der Waals surface area contributed by atoms with Crippen LogP contribution in [-0.2, 0) is 6.42 Å². The van der Waals surface area contributed by atoms with Gasteiger partial charge in [-0.15, -0.1) is 11.3 Å². The Morgan fingerprint density at radius 2 is 2.24 bits per heavy atom. The maximum absolute atomic E-state index is 12.6. The van der Waals surface area contributed by atoms with Crippen molar-refractivity contribution in [2.75, 3.05) is 19.4 Å². The van der Waals surface area contributed by atoms with Gasteiger partial charge in [-0.1, -0.05) is 24.3 Å². The van der Waals surface area contributed by atoms with E-state index in [0.717, 1.165) is 24.4 Å². The number of hydrogen-bond acceptors (Lipinski definition) is 4. The highest BCUT2D eigenvalue weighted by Crippen LogP contribution is 2.34. The zero-order valence-corrected chi connectivity index (χ0v) is 13.1. The highest BCUT2D eigenvalue weighted by Gasteiger charge is 2.28. The van der Waals surface area contributed by atoms with Crippen LogP contribution in [0.1, 0.15) is 40.5 Å². The van der Waals surface area contributed by atoms with Gasteiger partial charge in [-0.2, -0.15) is 0 Å². The van der Waals surface area contributed by atoms with Gasteiger partial charge in [-0.3, -0.25) is 4.79 Å². The first kappa shape index (κ1) is 14.1. The minimum Gasteiger partial charge on any atom is -0.365 e. The van der Waals surface area contributed by atoms with Crippen LogP contribution in [0.25, 0.3) is 0 Å². The number of carbonyl (C=O) groups excluding carboxylic acids is 1. The van der Waals surface area contributed by atoms with Crippen molar-refractivity contribution in [1.82, 2.24) is 9.88 Å². The summed E-state index contributed by atoms with van der Waals surface area (Å²) in [6.07, 6.45) is 3.25. The molecule has 0 saturated heterocycles. The third-order valence-electron chi connectivity index (χ3n) is 4.06. The number of aryl methyl sites for hydroxylation is 1. The van der Waals surface area contributed by atoms with Crippen LogP contribution >= 0.6 is 11.3 Å². The number of nitrogens with zero attached hydrogens (tertiary/aromatic N) is 2. The molecule has 1 aliphatic carbocycles. The Morgan fingerprint density at radius 1 is 1.43 bits per heavy atom. The molecule has 0 spiro atoms. The predicted molar refractivity (Wildman–Crippen MR) is 85.9 cm³/mol. The molecule has 110 valence electrons. The quantitative estimate of drug-likeness (QED) is 0.945. The van der Waals surface area contributed by atoms with Gasteiger partial charge in [0.1, 0.15) is 5.69 Å². The highest BCUT2D eigenvalue weighted by molar-refractivity contribution is 7.13. The second-order valence-electron chi connectivity index (χ2n) is 5.31. The van der Waals surface area contributed by atoms with Crippen molar-refractivity contribution in [3.05, 3.63) is 46.5 Å². The molecular formula is C16H19N3OS. The summed E-state index contributed by atoms with van der Waals surface area (Å²) in [7, 11) is 3.70. The predicted octanol–water partition coefficient (Wildman–Crippen LogP) is 3.33. The van der Waals surface area contributed by atoms with E-state index in [1.807, 2.05) is 24.4 Å². The summed E-state index contributed by atoms with van der Waals surface area (Å²) >= 11 is 1.46.